The predicted octanol–water partition coefficient (Wildman–Crippen LogP) is 3.91. The van der Waals surface area contributed by atoms with Crippen molar-refractivity contribution in [3.05, 3.63) is 53.6 Å². The number of likely N-dealkylation sites (tertiary alicyclic amines) is 1. The molecule has 2 aliphatic rings. The van der Waals surface area contributed by atoms with E-state index in [4.69, 9.17) is 19.5 Å². The Hall–Kier alpha value is -2.75. The van der Waals surface area contributed by atoms with Gasteiger partial charge in [-0.25, -0.2) is 0 Å². The van der Waals surface area contributed by atoms with Crippen LogP contribution in [-0.4, -0.2) is 50.8 Å². The zero-order chi connectivity index (χ0) is 21.6. The zero-order valence-electron chi connectivity index (χ0n) is 18.3. The van der Waals surface area contributed by atoms with E-state index in [0.29, 0.717) is 29.1 Å². The number of benzene rings is 2. The maximum Gasteiger partial charge on any atom is 0.164 e. The Bertz CT molecular complexity index is 897. The molecule has 1 N–H and O–H groups in total. The molecule has 2 fully saturated rings. The second-order valence-corrected chi connectivity index (χ2v) is 8.40. The van der Waals surface area contributed by atoms with Crippen LogP contribution in [0.4, 0.5) is 0 Å². The predicted molar refractivity (Wildman–Crippen MR) is 120 cm³/mol. The summed E-state index contributed by atoms with van der Waals surface area (Å²) < 4.78 is 17.2. The van der Waals surface area contributed by atoms with Crippen molar-refractivity contribution in [1.82, 2.24) is 10.2 Å². The molecule has 164 valence electrons. The average molecular weight is 422 g/mol. The summed E-state index contributed by atoms with van der Waals surface area (Å²) in [6.45, 7) is 3.37. The van der Waals surface area contributed by atoms with Gasteiger partial charge in [-0.15, -0.1) is 0 Å². The molecule has 0 aromatic heterocycles. The van der Waals surface area contributed by atoms with Gasteiger partial charge in [0.1, 0.15) is 11.9 Å². The summed E-state index contributed by atoms with van der Waals surface area (Å²) in [6.07, 6.45) is 4.47. The Morgan fingerprint density at radius 2 is 1.74 bits per heavy atom. The van der Waals surface area contributed by atoms with E-state index >= 15 is 0 Å². The van der Waals surface area contributed by atoms with Crippen LogP contribution in [0.2, 0.25) is 0 Å². The van der Waals surface area contributed by atoms with Gasteiger partial charge >= 0.3 is 0 Å². The molecule has 31 heavy (non-hydrogen) atoms. The van der Waals surface area contributed by atoms with E-state index in [-0.39, 0.29) is 6.10 Å². The lowest BCUT2D eigenvalue weighted by atomic mass is 10.0. The molecule has 6 heteroatoms. The van der Waals surface area contributed by atoms with Crippen molar-refractivity contribution in [3.8, 4) is 23.3 Å². The smallest absolute Gasteiger partial charge is 0.164 e. The van der Waals surface area contributed by atoms with Crippen LogP contribution in [0.5, 0.6) is 17.2 Å². The van der Waals surface area contributed by atoms with E-state index in [0.717, 1.165) is 43.8 Å². The molecule has 0 radical (unpaired) electrons. The molecule has 3 unspecified atom stereocenters. The summed E-state index contributed by atoms with van der Waals surface area (Å²) in [5, 5.41) is 12.8. The molecule has 0 spiro atoms. The number of methoxy groups -OCH3 is 2. The number of nitrogens with zero attached hydrogens (tertiary/aromatic N) is 2. The van der Waals surface area contributed by atoms with Crippen LogP contribution in [0, 0.1) is 11.3 Å². The summed E-state index contributed by atoms with van der Waals surface area (Å²) in [4.78, 5) is 2.59. The topological polar surface area (TPSA) is 66.8 Å². The van der Waals surface area contributed by atoms with Gasteiger partial charge in [-0.2, -0.15) is 5.26 Å². The van der Waals surface area contributed by atoms with Crippen LogP contribution in [0.1, 0.15) is 42.9 Å². The van der Waals surface area contributed by atoms with Crippen LogP contribution < -0.4 is 19.5 Å². The van der Waals surface area contributed by atoms with Gasteiger partial charge in [-0.3, -0.25) is 0 Å². The van der Waals surface area contributed by atoms with Gasteiger partial charge in [0.15, 0.2) is 11.5 Å². The van der Waals surface area contributed by atoms with Gasteiger partial charge in [-0.1, -0.05) is 12.1 Å². The van der Waals surface area contributed by atoms with Crippen molar-refractivity contribution in [2.24, 2.45) is 0 Å². The van der Waals surface area contributed by atoms with Crippen molar-refractivity contribution in [1.29, 1.82) is 5.26 Å². The van der Waals surface area contributed by atoms with Crippen LogP contribution >= 0.6 is 0 Å². The molecule has 2 aliphatic heterocycles. The van der Waals surface area contributed by atoms with Crippen LogP contribution in [-0.2, 0) is 0 Å². The zero-order valence-corrected chi connectivity index (χ0v) is 18.3. The molecule has 2 bridgehead atoms. The second-order valence-electron chi connectivity index (χ2n) is 8.40. The average Bonchev–Trinajstić information content (AvgIpc) is 3.16. The third-order valence-electron chi connectivity index (χ3n) is 6.28. The van der Waals surface area contributed by atoms with Gasteiger partial charge in [0.2, 0.25) is 0 Å². The van der Waals surface area contributed by atoms with Gasteiger partial charge in [0, 0.05) is 31.2 Å². The van der Waals surface area contributed by atoms with Crippen molar-refractivity contribution in [2.75, 3.05) is 33.9 Å². The fourth-order valence-electron chi connectivity index (χ4n) is 4.69. The van der Waals surface area contributed by atoms with Crippen molar-refractivity contribution in [3.63, 3.8) is 0 Å². The number of nitriles is 1. The molecule has 0 saturated carbocycles. The molecule has 2 aromatic rings. The highest BCUT2D eigenvalue weighted by Crippen LogP contribution is 2.34. The lowest BCUT2D eigenvalue weighted by Crippen LogP contribution is -2.51. The number of rotatable bonds is 9. The van der Waals surface area contributed by atoms with Crippen LogP contribution in [0.25, 0.3) is 0 Å². The Morgan fingerprint density at radius 1 is 1.03 bits per heavy atom. The van der Waals surface area contributed by atoms with Gasteiger partial charge in [0.25, 0.3) is 0 Å². The first-order valence-electron chi connectivity index (χ1n) is 11.1. The maximum atomic E-state index is 9.13. The summed E-state index contributed by atoms with van der Waals surface area (Å²) in [5.41, 5.74) is 1.74. The number of hydrogen-bond donors (Lipinski definition) is 1. The fourth-order valence-corrected chi connectivity index (χ4v) is 4.69. The van der Waals surface area contributed by atoms with Crippen molar-refractivity contribution >= 4 is 0 Å². The minimum atomic E-state index is -0.0921. The van der Waals surface area contributed by atoms with E-state index in [2.05, 4.69) is 16.3 Å². The summed E-state index contributed by atoms with van der Waals surface area (Å²) >= 11 is 0. The van der Waals surface area contributed by atoms with E-state index in [1.807, 2.05) is 42.5 Å². The molecule has 6 nitrogen and oxygen atoms in total. The molecule has 2 heterocycles. The summed E-state index contributed by atoms with van der Waals surface area (Å²) in [7, 11) is 3.25. The molecule has 2 saturated heterocycles. The molecule has 2 aromatic carbocycles. The first-order valence-corrected chi connectivity index (χ1v) is 11.1. The number of fused-ring (bicyclic) bond motifs is 2. The lowest BCUT2D eigenvalue weighted by molar-refractivity contribution is 0.161. The molecular weight excluding hydrogens is 390 g/mol. The van der Waals surface area contributed by atoms with E-state index in [1.54, 1.807) is 14.2 Å². The number of ether oxygens (including phenoxy) is 3. The van der Waals surface area contributed by atoms with Crippen LogP contribution in [0.3, 0.4) is 0 Å². The third kappa shape index (κ3) is 5.30. The van der Waals surface area contributed by atoms with E-state index in [9.17, 15) is 0 Å². The van der Waals surface area contributed by atoms with Gasteiger partial charge in [0.05, 0.1) is 25.9 Å². The Balaban J connectivity index is 1.44. The Kier molecular flexibility index (Phi) is 6.96. The molecule has 0 amide bonds. The summed E-state index contributed by atoms with van der Waals surface area (Å²) in [6, 6.07) is 16.8. The summed E-state index contributed by atoms with van der Waals surface area (Å²) in [5.74, 6) is 2.07. The number of nitrogens with one attached hydrogen (secondary N) is 1. The third-order valence-corrected chi connectivity index (χ3v) is 6.28. The molecular formula is C25H31N3O3. The highest BCUT2D eigenvalue weighted by molar-refractivity contribution is 5.45. The molecule has 3 atom stereocenters. The second kappa shape index (κ2) is 10.0. The van der Waals surface area contributed by atoms with E-state index in [1.165, 1.54) is 12.8 Å². The van der Waals surface area contributed by atoms with Gasteiger partial charge < -0.3 is 24.4 Å². The van der Waals surface area contributed by atoms with Crippen LogP contribution in [0.15, 0.2) is 42.5 Å². The standard InChI is InChI=1S/C25H31N3O3/c1-29-24-12-11-22(14-25(24)30-2)31-23(19-7-5-18(15-26)6-8-19)4-3-13-28-16-20-9-10-21(17-28)27-20/h5-8,11-12,14,20-21,23,27H,3-4,9-10,13,16-17H2,1-2H3. The minimum absolute atomic E-state index is 0.0921. The lowest BCUT2D eigenvalue weighted by Gasteiger charge is -2.33. The number of hydrogen-bond acceptors (Lipinski definition) is 6. The largest absolute Gasteiger partial charge is 0.493 e. The van der Waals surface area contributed by atoms with Gasteiger partial charge in [-0.05, 0) is 62.1 Å². The molecule has 0 aliphatic carbocycles. The monoisotopic (exact) mass is 421 g/mol. The Labute approximate surface area is 184 Å². The first kappa shape index (κ1) is 21.5. The van der Waals surface area contributed by atoms with Crippen molar-refractivity contribution < 1.29 is 14.2 Å². The van der Waals surface area contributed by atoms with E-state index < -0.39 is 0 Å². The SMILES string of the molecule is COc1ccc(OC(CCCN2CC3CCC(C2)N3)c2ccc(C#N)cc2)cc1OC. The van der Waals surface area contributed by atoms with Crippen molar-refractivity contribution in [2.45, 2.75) is 43.9 Å². The molecule has 4 rings (SSSR count). The Morgan fingerprint density at radius 3 is 2.39 bits per heavy atom. The first-order chi connectivity index (χ1) is 15.2. The minimum Gasteiger partial charge on any atom is -0.493 e. The highest BCUT2D eigenvalue weighted by atomic mass is 16.5. The maximum absolute atomic E-state index is 9.13. The highest BCUT2D eigenvalue weighted by Gasteiger charge is 2.31. The number of piperazine rings is 1. The quantitative estimate of drug-likeness (QED) is 0.662. The fraction of sp³-hybridized carbons (Fsp3) is 0.480. The normalized spacial score (nSPS) is 21.3.